The molecule has 100 valence electrons. The van der Waals surface area contributed by atoms with E-state index >= 15 is 0 Å². The second-order valence-electron chi connectivity index (χ2n) is 5.68. The number of carbonyl (C=O) groups is 1. The topological polar surface area (TPSA) is 47.3 Å². The molecule has 0 spiro atoms. The van der Waals surface area contributed by atoms with Gasteiger partial charge in [0.15, 0.2) is 0 Å². The Kier molecular flexibility index (Phi) is 4.46. The van der Waals surface area contributed by atoms with Crippen LogP contribution in [0.15, 0.2) is 0 Å². The maximum atomic E-state index is 12.5. The normalized spacial score (nSPS) is 21.9. The van der Waals surface area contributed by atoms with Crippen molar-refractivity contribution in [3.05, 3.63) is 0 Å². The van der Waals surface area contributed by atoms with Crippen LogP contribution >= 0.6 is 0 Å². The highest BCUT2D eigenvalue weighted by Gasteiger charge is 2.30. The highest BCUT2D eigenvalue weighted by Crippen LogP contribution is 2.25. The third-order valence-corrected chi connectivity index (χ3v) is 4.31. The van der Waals surface area contributed by atoms with Crippen molar-refractivity contribution < 1.29 is 4.79 Å². The minimum atomic E-state index is 0.0929. The number of amides is 2. The molecule has 2 fully saturated rings. The summed E-state index contributed by atoms with van der Waals surface area (Å²) in [6, 6.07) is 2.55. The molecule has 0 bridgehead atoms. The number of hydrogen-bond donors (Lipinski definition) is 0. The molecule has 4 heteroatoms. The molecule has 2 rings (SSSR count). The molecule has 0 radical (unpaired) electrons. The highest BCUT2D eigenvalue weighted by molar-refractivity contribution is 5.75. The molecule has 0 atom stereocenters. The third-order valence-electron chi connectivity index (χ3n) is 4.31. The fraction of sp³-hybridized carbons (Fsp3) is 0.857. The van der Waals surface area contributed by atoms with Gasteiger partial charge in [0.2, 0.25) is 0 Å². The summed E-state index contributed by atoms with van der Waals surface area (Å²) in [6.07, 6.45) is 6.71. The first kappa shape index (κ1) is 13.2. The number of rotatable bonds is 2. The van der Waals surface area contributed by atoms with Crippen molar-refractivity contribution in [2.45, 2.75) is 51.5 Å². The largest absolute Gasteiger partial charge is 0.325 e. The van der Waals surface area contributed by atoms with E-state index in [2.05, 4.69) is 13.0 Å². The van der Waals surface area contributed by atoms with Gasteiger partial charge in [0.05, 0.1) is 6.07 Å². The van der Waals surface area contributed by atoms with Crippen molar-refractivity contribution >= 4 is 6.03 Å². The molecule has 2 aliphatic rings. The standard InChI is InChI=1S/C14H23N3O/c1-12-6-9-16(10-7-12)14(18)17(11-8-15)13-4-2-3-5-13/h12-13H,2-7,9-11H2,1H3. The van der Waals surface area contributed by atoms with Crippen LogP contribution in [-0.4, -0.2) is 41.5 Å². The maximum absolute atomic E-state index is 12.5. The maximum Gasteiger partial charge on any atom is 0.321 e. The zero-order chi connectivity index (χ0) is 13.0. The lowest BCUT2D eigenvalue weighted by Gasteiger charge is -2.36. The molecule has 4 nitrogen and oxygen atoms in total. The zero-order valence-electron chi connectivity index (χ0n) is 11.3. The molecule has 0 unspecified atom stereocenters. The summed E-state index contributed by atoms with van der Waals surface area (Å²) in [5.41, 5.74) is 0. The minimum Gasteiger partial charge on any atom is -0.325 e. The van der Waals surface area contributed by atoms with Crippen LogP contribution in [0.5, 0.6) is 0 Å². The van der Waals surface area contributed by atoms with E-state index in [-0.39, 0.29) is 12.6 Å². The first-order valence-corrected chi connectivity index (χ1v) is 7.15. The van der Waals surface area contributed by atoms with E-state index in [0.29, 0.717) is 6.04 Å². The SMILES string of the molecule is CC1CCN(C(=O)N(CC#N)C2CCCC2)CC1. The molecule has 18 heavy (non-hydrogen) atoms. The third kappa shape index (κ3) is 2.95. The van der Waals surface area contributed by atoms with Crippen LogP contribution in [0.25, 0.3) is 0 Å². The number of carbonyl (C=O) groups excluding carboxylic acids is 1. The van der Waals surface area contributed by atoms with Gasteiger partial charge in [-0.05, 0) is 31.6 Å². The van der Waals surface area contributed by atoms with Gasteiger partial charge in [-0.15, -0.1) is 0 Å². The Bertz CT molecular complexity index is 322. The molecule has 1 saturated heterocycles. The molecule has 2 amide bonds. The fourth-order valence-corrected chi connectivity index (χ4v) is 3.03. The van der Waals surface area contributed by atoms with Crippen LogP contribution in [-0.2, 0) is 0 Å². The quantitative estimate of drug-likeness (QED) is 0.706. The number of hydrogen-bond acceptors (Lipinski definition) is 2. The second-order valence-corrected chi connectivity index (χ2v) is 5.68. The molecule has 1 aliphatic heterocycles. The van der Waals surface area contributed by atoms with Crippen LogP contribution in [0.2, 0.25) is 0 Å². The minimum absolute atomic E-state index is 0.0929. The van der Waals surface area contributed by atoms with Crippen LogP contribution < -0.4 is 0 Å². The van der Waals surface area contributed by atoms with Crippen molar-refractivity contribution in [2.75, 3.05) is 19.6 Å². The molecule has 1 saturated carbocycles. The Morgan fingerprint density at radius 3 is 2.44 bits per heavy atom. The first-order chi connectivity index (χ1) is 8.72. The van der Waals surface area contributed by atoms with Gasteiger partial charge in [-0.3, -0.25) is 0 Å². The van der Waals surface area contributed by atoms with Crippen LogP contribution in [0.4, 0.5) is 4.79 Å². The van der Waals surface area contributed by atoms with Gasteiger partial charge in [-0.25, -0.2) is 4.79 Å². The number of urea groups is 1. The Labute approximate surface area is 110 Å². The van der Waals surface area contributed by atoms with Gasteiger partial charge in [-0.1, -0.05) is 19.8 Å². The van der Waals surface area contributed by atoms with Gasteiger partial charge in [0.1, 0.15) is 6.54 Å². The van der Waals surface area contributed by atoms with Crippen molar-refractivity contribution in [1.82, 2.24) is 9.80 Å². The van der Waals surface area contributed by atoms with E-state index in [1.54, 1.807) is 0 Å². The predicted molar refractivity (Wildman–Crippen MR) is 69.9 cm³/mol. The summed E-state index contributed by atoms with van der Waals surface area (Å²) in [7, 11) is 0. The molecule has 0 aromatic heterocycles. The summed E-state index contributed by atoms with van der Waals surface area (Å²) < 4.78 is 0. The van der Waals surface area contributed by atoms with Crippen LogP contribution in [0, 0.1) is 17.2 Å². The zero-order valence-corrected chi connectivity index (χ0v) is 11.3. The molecule has 1 aliphatic carbocycles. The molecule has 0 aromatic rings. The Morgan fingerprint density at radius 2 is 1.89 bits per heavy atom. The van der Waals surface area contributed by atoms with Gasteiger partial charge >= 0.3 is 6.03 Å². The Morgan fingerprint density at radius 1 is 1.28 bits per heavy atom. The van der Waals surface area contributed by atoms with Gasteiger partial charge in [0.25, 0.3) is 0 Å². The molecular formula is C14H23N3O. The summed E-state index contributed by atoms with van der Waals surface area (Å²) in [4.78, 5) is 16.2. The van der Waals surface area contributed by atoms with Crippen LogP contribution in [0.3, 0.4) is 0 Å². The van der Waals surface area contributed by atoms with E-state index in [0.717, 1.165) is 44.7 Å². The first-order valence-electron chi connectivity index (χ1n) is 7.15. The Balaban J connectivity index is 1.97. The van der Waals surface area contributed by atoms with E-state index in [9.17, 15) is 4.79 Å². The van der Waals surface area contributed by atoms with E-state index < -0.39 is 0 Å². The fourth-order valence-electron chi connectivity index (χ4n) is 3.03. The van der Waals surface area contributed by atoms with Gasteiger partial charge in [-0.2, -0.15) is 5.26 Å². The van der Waals surface area contributed by atoms with Crippen molar-refractivity contribution in [2.24, 2.45) is 5.92 Å². The van der Waals surface area contributed by atoms with E-state index in [4.69, 9.17) is 5.26 Å². The summed E-state index contributed by atoms with van der Waals surface area (Å²) in [5, 5.41) is 8.92. The average molecular weight is 249 g/mol. The number of nitriles is 1. The summed E-state index contributed by atoms with van der Waals surface area (Å²) in [5.74, 6) is 0.727. The molecular weight excluding hydrogens is 226 g/mol. The summed E-state index contributed by atoms with van der Waals surface area (Å²) in [6.45, 7) is 4.20. The smallest absolute Gasteiger partial charge is 0.321 e. The van der Waals surface area contributed by atoms with Crippen molar-refractivity contribution in [1.29, 1.82) is 5.26 Å². The van der Waals surface area contributed by atoms with Gasteiger partial charge in [0, 0.05) is 19.1 Å². The lowest BCUT2D eigenvalue weighted by molar-refractivity contribution is 0.124. The number of piperidine rings is 1. The predicted octanol–water partition coefficient (Wildman–Crippen LogP) is 2.61. The second kappa shape index (κ2) is 6.08. The van der Waals surface area contributed by atoms with Crippen LogP contribution in [0.1, 0.15) is 45.4 Å². The lowest BCUT2D eigenvalue weighted by atomic mass is 9.99. The molecule has 0 N–H and O–H groups in total. The summed E-state index contributed by atoms with van der Waals surface area (Å²) >= 11 is 0. The highest BCUT2D eigenvalue weighted by atomic mass is 16.2. The van der Waals surface area contributed by atoms with E-state index in [1.807, 2.05) is 9.80 Å². The Hall–Kier alpha value is -1.24. The average Bonchev–Trinajstić information content (AvgIpc) is 2.90. The van der Waals surface area contributed by atoms with E-state index in [1.165, 1.54) is 12.8 Å². The molecule has 0 aromatic carbocycles. The molecule has 1 heterocycles. The number of likely N-dealkylation sites (tertiary alicyclic amines) is 1. The van der Waals surface area contributed by atoms with Crippen molar-refractivity contribution in [3.8, 4) is 6.07 Å². The lowest BCUT2D eigenvalue weighted by Crippen LogP contribution is -2.49. The van der Waals surface area contributed by atoms with Crippen molar-refractivity contribution in [3.63, 3.8) is 0 Å². The monoisotopic (exact) mass is 249 g/mol. The van der Waals surface area contributed by atoms with Gasteiger partial charge < -0.3 is 9.80 Å². The number of nitrogens with zero attached hydrogens (tertiary/aromatic N) is 3.